The number of halogens is 2. The fourth-order valence-corrected chi connectivity index (χ4v) is 2.75. The van der Waals surface area contributed by atoms with Crippen LogP contribution in [-0.2, 0) is 0 Å². The molecule has 100 valence electrons. The average molecular weight is 254 g/mol. The molecular formula is C14H20F2N2. The molecule has 0 aromatic heterocycles. The summed E-state index contributed by atoms with van der Waals surface area (Å²) in [6.07, 6.45) is 4.33. The number of nitrogens with one attached hydrogen (secondary N) is 1. The van der Waals surface area contributed by atoms with Crippen LogP contribution in [0.15, 0.2) is 12.1 Å². The van der Waals surface area contributed by atoms with Crippen molar-refractivity contribution in [2.45, 2.75) is 45.6 Å². The maximum absolute atomic E-state index is 13.3. The molecule has 0 aliphatic heterocycles. The van der Waals surface area contributed by atoms with E-state index in [0.29, 0.717) is 5.69 Å². The van der Waals surface area contributed by atoms with E-state index in [0.717, 1.165) is 25.3 Å². The van der Waals surface area contributed by atoms with Gasteiger partial charge in [-0.1, -0.05) is 20.3 Å². The number of nitrogen functional groups attached to an aromatic ring is 1. The molecule has 1 atom stereocenters. The van der Waals surface area contributed by atoms with Gasteiger partial charge in [0.05, 0.1) is 11.4 Å². The summed E-state index contributed by atoms with van der Waals surface area (Å²) in [4.78, 5) is 0. The number of nitrogens with two attached hydrogens (primary N) is 1. The molecule has 2 rings (SSSR count). The minimum absolute atomic E-state index is 0.000204. The van der Waals surface area contributed by atoms with E-state index in [1.165, 1.54) is 12.5 Å². The highest BCUT2D eigenvalue weighted by Crippen LogP contribution is 2.37. The van der Waals surface area contributed by atoms with Gasteiger partial charge in [0, 0.05) is 12.1 Å². The third kappa shape index (κ3) is 2.92. The van der Waals surface area contributed by atoms with E-state index >= 15 is 0 Å². The molecule has 0 heterocycles. The summed E-state index contributed by atoms with van der Waals surface area (Å²) < 4.78 is 26.5. The predicted molar refractivity (Wildman–Crippen MR) is 70.4 cm³/mol. The Morgan fingerprint density at radius 2 is 2.06 bits per heavy atom. The van der Waals surface area contributed by atoms with E-state index in [9.17, 15) is 8.78 Å². The molecule has 2 nitrogen and oxygen atoms in total. The van der Waals surface area contributed by atoms with Crippen LogP contribution in [-0.4, -0.2) is 6.04 Å². The minimum atomic E-state index is -0.701. The largest absolute Gasteiger partial charge is 0.395 e. The zero-order valence-corrected chi connectivity index (χ0v) is 10.9. The van der Waals surface area contributed by atoms with Crippen LogP contribution in [0.2, 0.25) is 0 Å². The first-order valence-electron chi connectivity index (χ1n) is 6.38. The second kappa shape index (κ2) is 4.75. The third-order valence-electron chi connectivity index (χ3n) is 3.66. The second-order valence-electron chi connectivity index (χ2n) is 5.95. The molecule has 1 unspecified atom stereocenters. The molecule has 4 heteroatoms. The van der Waals surface area contributed by atoms with Crippen molar-refractivity contribution < 1.29 is 8.78 Å². The van der Waals surface area contributed by atoms with Crippen molar-refractivity contribution in [2.75, 3.05) is 11.1 Å². The Bertz CT molecular complexity index is 444. The van der Waals surface area contributed by atoms with E-state index in [1.54, 1.807) is 0 Å². The quantitative estimate of drug-likeness (QED) is 0.785. The topological polar surface area (TPSA) is 38.0 Å². The SMILES string of the molecule is CC1(C)CCCC(Nc2cc(F)cc(F)c2N)C1. The Labute approximate surface area is 107 Å². The van der Waals surface area contributed by atoms with Crippen molar-refractivity contribution in [3.8, 4) is 0 Å². The summed E-state index contributed by atoms with van der Waals surface area (Å²) in [6.45, 7) is 4.44. The Kier molecular flexibility index (Phi) is 3.46. The fourth-order valence-electron chi connectivity index (χ4n) is 2.75. The molecule has 3 N–H and O–H groups in total. The number of hydrogen-bond acceptors (Lipinski definition) is 2. The van der Waals surface area contributed by atoms with Gasteiger partial charge in [-0.2, -0.15) is 0 Å². The van der Waals surface area contributed by atoms with Crippen LogP contribution < -0.4 is 11.1 Å². The van der Waals surface area contributed by atoms with Crippen LogP contribution in [0.1, 0.15) is 39.5 Å². The first-order valence-corrected chi connectivity index (χ1v) is 6.38. The molecule has 1 aliphatic rings. The van der Waals surface area contributed by atoms with Gasteiger partial charge in [-0.15, -0.1) is 0 Å². The lowest BCUT2D eigenvalue weighted by atomic mass is 9.75. The maximum Gasteiger partial charge on any atom is 0.151 e. The highest BCUT2D eigenvalue weighted by molar-refractivity contribution is 5.67. The first kappa shape index (κ1) is 13.1. The van der Waals surface area contributed by atoms with Gasteiger partial charge in [-0.25, -0.2) is 8.78 Å². The molecule has 0 saturated heterocycles. The third-order valence-corrected chi connectivity index (χ3v) is 3.66. The van der Waals surface area contributed by atoms with Crippen LogP contribution in [0, 0.1) is 17.0 Å². The van der Waals surface area contributed by atoms with Crippen molar-refractivity contribution in [3.05, 3.63) is 23.8 Å². The van der Waals surface area contributed by atoms with Crippen molar-refractivity contribution in [3.63, 3.8) is 0 Å². The van der Waals surface area contributed by atoms with Crippen LogP contribution in [0.25, 0.3) is 0 Å². The molecular weight excluding hydrogens is 234 g/mol. The van der Waals surface area contributed by atoms with Gasteiger partial charge in [-0.05, 0) is 30.7 Å². The van der Waals surface area contributed by atoms with E-state index in [1.807, 2.05) is 0 Å². The Morgan fingerprint density at radius 1 is 1.33 bits per heavy atom. The van der Waals surface area contributed by atoms with Crippen molar-refractivity contribution in [1.29, 1.82) is 0 Å². The Balaban J connectivity index is 2.14. The molecule has 1 aliphatic carbocycles. The summed E-state index contributed by atoms with van der Waals surface area (Å²) in [6, 6.07) is 2.31. The standard InChI is InChI=1S/C14H20F2N2/c1-14(2)5-3-4-10(8-14)18-12-7-9(15)6-11(16)13(12)17/h6-7,10,18H,3-5,8,17H2,1-2H3. The second-order valence-corrected chi connectivity index (χ2v) is 5.95. The zero-order chi connectivity index (χ0) is 13.3. The summed E-state index contributed by atoms with van der Waals surface area (Å²) in [7, 11) is 0. The number of anilines is 2. The maximum atomic E-state index is 13.3. The van der Waals surface area contributed by atoms with Gasteiger partial charge in [0.2, 0.25) is 0 Å². The first-order chi connectivity index (χ1) is 8.37. The molecule has 0 radical (unpaired) electrons. The van der Waals surface area contributed by atoms with Crippen molar-refractivity contribution >= 4 is 11.4 Å². The number of hydrogen-bond donors (Lipinski definition) is 2. The zero-order valence-electron chi connectivity index (χ0n) is 10.9. The van der Waals surface area contributed by atoms with Crippen LogP contribution in [0.3, 0.4) is 0 Å². The van der Waals surface area contributed by atoms with Gasteiger partial charge < -0.3 is 11.1 Å². The minimum Gasteiger partial charge on any atom is -0.395 e. The molecule has 18 heavy (non-hydrogen) atoms. The normalized spacial score (nSPS) is 22.8. The van der Waals surface area contributed by atoms with E-state index in [-0.39, 0.29) is 17.1 Å². The summed E-state index contributed by atoms with van der Waals surface area (Å²) in [5.41, 5.74) is 6.28. The monoisotopic (exact) mass is 254 g/mol. The van der Waals surface area contributed by atoms with Crippen LogP contribution >= 0.6 is 0 Å². The number of benzene rings is 1. The van der Waals surface area contributed by atoms with E-state index in [2.05, 4.69) is 19.2 Å². The lowest BCUT2D eigenvalue weighted by Crippen LogP contribution is -2.32. The van der Waals surface area contributed by atoms with Gasteiger partial charge in [0.1, 0.15) is 5.82 Å². The lowest BCUT2D eigenvalue weighted by molar-refractivity contribution is 0.229. The highest BCUT2D eigenvalue weighted by atomic mass is 19.1. The predicted octanol–water partition coefficient (Wildman–Crippen LogP) is 3.93. The van der Waals surface area contributed by atoms with Crippen LogP contribution in [0.4, 0.5) is 20.2 Å². The van der Waals surface area contributed by atoms with Gasteiger partial charge >= 0.3 is 0 Å². The van der Waals surface area contributed by atoms with Crippen LogP contribution in [0.5, 0.6) is 0 Å². The van der Waals surface area contributed by atoms with Crippen molar-refractivity contribution in [2.24, 2.45) is 5.41 Å². The summed E-state index contributed by atoms with van der Waals surface area (Å²) in [5, 5.41) is 3.18. The van der Waals surface area contributed by atoms with Gasteiger partial charge in [-0.3, -0.25) is 0 Å². The molecule has 1 aromatic carbocycles. The van der Waals surface area contributed by atoms with E-state index < -0.39 is 11.6 Å². The molecule has 0 bridgehead atoms. The van der Waals surface area contributed by atoms with Crippen molar-refractivity contribution in [1.82, 2.24) is 0 Å². The van der Waals surface area contributed by atoms with Gasteiger partial charge in [0.15, 0.2) is 5.82 Å². The Morgan fingerprint density at radius 3 is 2.72 bits per heavy atom. The summed E-state index contributed by atoms with van der Waals surface area (Å²) >= 11 is 0. The molecule has 1 saturated carbocycles. The Hall–Kier alpha value is -1.32. The molecule has 1 aromatic rings. The molecule has 1 fully saturated rings. The van der Waals surface area contributed by atoms with Gasteiger partial charge in [0.25, 0.3) is 0 Å². The molecule has 0 amide bonds. The summed E-state index contributed by atoms with van der Waals surface area (Å²) in [5.74, 6) is -1.30. The lowest BCUT2D eigenvalue weighted by Gasteiger charge is -2.36. The fraction of sp³-hybridized carbons (Fsp3) is 0.571. The average Bonchev–Trinajstić information content (AvgIpc) is 2.24. The highest BCUT2D eigenvalue weighted by Gasteiger charge is 2.28. The number of rotatable bonds is 2. The van der Waals surface area contributed by atoms with E-state index in [4.69, 9.17) is 5.73 Å². The smallest absolute Gasteiger partial charge is 0.151 e. The molecule has 0 spiro atoms.